The molecule has 2 fully saturated rings. The number of nitrogens with one attached hydrogen (secondary N) is 1. The molecule has 2 rings (SSSR count). The van der Waals surface area contributed by atoms with Crippen LogP contribution in [0.2, 0.25) is 0 Å². The van der Waals surface area contributed by atoms with E-state index in [-0.39, 0.29) is 24.5 Å². The third-order valence-electron chi connectivity index (χ3n) is 3.06. The van der Waals surface area contributed by atoms with Crippen molar-refractivity contribution in [2.75, 3.05) is 19.7 Å². The maximum absolute atomic E-state index is 12.0. The zero-order chi connectivity index (χ0) is 11.8. The van der Waals surface area contributed by atoms with Crippen molar-refractivity contribution >= 4 is 11.8 Å². The van der Waals surface area contributed by atoms with Crippen molar-refractivity contribution in [2.24, 2.45) is 0 Å². The number of nitrogens with zero attached hydrogens (tertiary/aromatic N) is 1. The first-order valence-corrected chi connectivity index (χ1v) is 5.71. The Morgan fingerprint density at radius 1 is 1.50 bits per heavy atom. The lowest BCUT2D eigenvalue weighted by Crippen LogP contribution is -2.64. The topological polar surface area (TPSA) is 58.6 Å². The van der Waals surface area contributed by atoms with Crippen LogP contribution in [0.5, 0.6) is 0 Å². The summed E-state index contributed by atoms with van der Waals surface area (Å²) < 4.78 is 5.48. The van der Waals surface area contributed by atoms with E-state index in [1.807, 2.05) is 0 Å². The largest absolute Gasteiger partial charge is 0.376 e. The van der Waals surface area contributed by atoms with Crippen molar-refractivity contribution < 1.29 is 14.3 Å². The highest BCUT2D eigenvalue weighted by Gasteiger charge is 2.39. The van der Waals surface area contributed by atoms with E-state index in [9.17, 15) is 9.59 Å². The van der Waals surface area contributed by atoms with Gasteiger partial charge in [0, 0.05) is 13.2 Å². The molecular weight excluding hydrogens is 208 g/mol. The summed E-state index contributed by atoms with van der Waals surface area (Å²) in [7, 11) is 0. The average molecular weight is 226 g/mol. The average Bonchev–Trinajstić information content (AvgIpc) is 2.65. The predicted molar refractivity (Wildman–Crippen MR) is 57.8 cm³/mol. The fourth-order valence-corrected chi connectivity index (χ4v) is 2.26. The molecule has 2 aliphatic heterocycles. The van der Waals surface area contributed by atoms with Gasteiger partial charge in [-0.2, -0.15) is 0 Å². The summed E-state index contributed by atoms with van der Waals surface area (Å²) in [4.78, 5) is 25.1. The van der Waals surface area contributed by atoms with Crippen LogP contribution in [0, 0.1) is 0 Å². The van der Waals surface area contributed by atoms with Crippen LogP contribution in [0.15, 0.2) is 0 Å². The maximum Gasteiger partial charge on any atom is 0.248 e. The van der Waals surface area contributed by atoms with Crippen LogP contribution in [0.1, 0.15) is 26.7 Å². The first kappa shape index (κ1) is 11.4. The second-order valence-corrected chi connectivity index (χ2v) is 4.99. The summed E-state index contributed by atoms with van der Waals surface area (Å²) in [5.74, 6) is -0.120. The molecule has 0 spiro atoms. The minimum atomic E-state index is -0.784. The molecule has 5 heteroatoms. The molecule has 5 nitrogen and oxygen atoms in total. The summed E-state index contributed by atoms with van der Waals surface area (Å²) >= 11 is 0. The third kappa shape index (κ3) is 2.19. The summed E-state index contributed by atoms with van der Waals surface area (Å²) in [6.45, 7) is 4.92. The molecule has 16 heavy (non-hydrogen) atoms. The normalized spacial score (nSPS) is 29.4. The number of hydrogen-bond acceptors (Lipinski definition) is 3. The van der Waals surface area contributed by atoms with Crippen molar-refractivity contribution in [3.63, 3.8) is 0 Å². The molecule has 0 aromatic carbocycles. The Hall–Kier alpha value is -1.10. The van der Waals surface area contributed by atoms with Gasteiger partial charge in [-0.05, 0) is 26.7 Å². The molecule has 2 aliphatic rings. The Balaban J connectivity index is 2.02. The van der Waals surface area contributed by atoms with Gasteiger partial charge >= 0.3 is 0 Å². The lowest BCUT2D eigenvalue weighted by molar-refractivity contribution is -0.149. The minimum Gasteiger partial charge on any atom is -0.376 e. The predicted octanol–water partition coefficient (Wildman–Crippen LogP) is -0.0976. The van der Waals surface area contributed by atoms with Gasteiger partial charge in [-0.25, -0.2) is 0 Å². The van der Waals surface area contributed by atoms with E-state index < -0.39 is 5.54 Å². The van der Waals surface area contributed by atoms with Crippen molar-refractivity contribution in [2.45, 2.75) is 38.3 Å². The molecule has 2 amide bonds. The first-order chi connectivity index (χ1) is 7.49. The summed E-state index contributed by atoms with van der Waals surface area (Å²) in [5.41, 5.74) is -0.784. The van der Waals surface area contributed by atoms with Crippen LogP contribution in [-0.4, -0.2) is 48.1 Å². The molecular formula is C11H18N2O3. The van der Waals surface area contributed by atoms with Gasteiger partial charge in [0.05, 0.1) is 12.6 Å². The number of amides is 2. The molecule has 0 radical (unpaired) electrons. The Morgan fingerprint density at radius 2 is 2.25 bits per heavy atom. The Kier molecular flexibility index (Phi) is 2.88. The number of ether oxygens (including phenoxy) is 1. The molecule has 0 aliphatic carbocycles. The van der Waals surface area contributed by atoms with Crippen LogP contribution < -0.4 is 5.32 Å². The van der Waals surface area contributed by atoms with Gasteiger partial charge in [-0.3, -0.25) is 9.59 Å². The monoisotopic (exact) mass is 226 g/mol. The summed E-state index contributed by atoms with van der Waals surface area (Å²) in [6, 6.07) is 0. The van der Waals surface area contributed by atoms with Gasteiger partial charge in [0.1, 0.15) is 5.54 Å². The van der Waals surface area contributed by atoms with Gasteiger partial charge in [0.25, 0.3) is 0 Å². The Bertz CT molecular complexity index is 308. The fraction of sp³-hybridized carbons (Fsp3) is 0.818. The van der Waals surface area contributed by atoms with Gasteiger partial charge in [0.15, 0.2) is 0 Å². The highest BCUT2D eigenvalue weighted by Crippen LogP contribution is 2.18. The standard InChI is InChI=1S/C11H18N2O3/c1-11(2)10(15)13(7-9(14)12-11)6-8-4-3-5-16-8/h8H,3-7H2,1-2H3,(H,12,14). The Morgan fingerprint density at radius 3 is 2.88 bits per heavy atom. The van der Waals surface area contributed by atoms with Crippen LogP contribution in [0.4, 0.5) is 0 Å². The van der Waals surface area contributed by atoms with Crippen LogP contribution in [-0.2, 0) is 14.3 Å². The number of rotatable bonds is 2. The van der Waals surface area contributed by atoms with Crippen molar-refractivity contribution in [3.8, 4) is 0 Å². The zero-order valence-electron chi connectivity index (χ0n) is 9.78. The number of carbonyl (C=O) groups is 2. The molecule has 1 atom stereocenters. The Labute approximate surface area is 95.1 Å². The molecule has 0 aromatic heterocycles. The highest BCUT2D eigenvalue weighted by atomic mass is 16.5. The van der Waals surface area contributed by atoms with Crippen LogP contribution in [0.3, 0.4) is 0 Å². The molecule has 90 valence electrons. The number of carbonyl (C=O) groups excluding carboxylic acids is 2. The van der Waals surface area contributed by atoms with E-state index in [1.165, 1.54) is 0 Å². The van der Waals surface area contributed by atoms with Gasteiger partial charge in [-0.1, -0.05) is 0 Å². The lowest BCUT2D eigenvalue weighted by atomic mass is 10.00. The molecule has 1 unspecified atom stereocenters. The van der Waals surface area contributed by atoms with Crippen molar-refractivity contribution in [1.82, 2.24) is 10.2 Å². The second kappa shape index (κ2) is 4.05. The van der Waals surface area contributed by atoms with E-state index in [2.05, 4.69) is 5.32 Å². The van der Waals surface area contributed by atoms with E-state index >= 15 is 0 Å². The second-order valence-electron chi connectivity index (χ2n) is 4.99. The van der Waals surface area contributed by atoms with E-state index in [0.717, 1.165) is 19.4 Å². The lowest BCUT2D eigenvalue weighted by Gasteiger charge is -2.38. The quantitative estimate of drug-likeness (QED) is 0.715. The molecule has 1 N–H and O–H groups in total. The van der Waals surface area contributed by atoms with E-state index in [0.29, 0.717) is 6.54 Å². The van der Waals surface area contributed by atoms with Gasteiger partial charge in [0.2, 0.25) is 11.8 Å². The SMILES string of the molecule is CC1(C)NC(=O)CN(CC2CCCO2)C1=O. The number of hydrogen-bond donors (Lipinski definition) is 1. The van der Waals surface area contributed by atoms with Crippen molar-refractivity contribution in [3.05, 3.63) is 0 Å². The highest BCUT2D eigenvalue weighted by molar-refractivity contribution is 5.97. The zero-order valence-corrected chi connectivity index (χ0v) is 9.78. The maximum atomic E-state index is 12.0. The van der Waals surface area contributed by atoms with E-state index in [1.54, 1.807) is 18.7 Å². The third-order valence-corrected chi connectivity index (χ3v) is 3.06. The molecule has 0 aromatic rings. The molecule has 0 saturated carbocycles. The summed E-state index contributed by atoms with van der Waals surface area (Å²) in [5, 5.41) is 2.69. The smallest absolute Gasteiger partial charge is 0.248 e. The fourth-order valence-electron chi connectivity index (χ4n) is 2.26. The van der Waals surface area contributed by atoms with Crippen LogP contribution >= 0.6 is 0 Å². The molecule has 0 bridgehead atoms. The number of piperazine rings is 1. The van der Waals surface area contributed by atoms with Gasteiger partial charge < -0.3 is 15.0 Å². The van der Waals surface area contributed by atoms with Gasteiger partial charge in [-0.15, -0.1) is 0 Å². The summed E-state index contributed by atoms with van der Waals surface area (Å²) in [6.07, 6.45) is 2.12. The van der Waals surface area contributed by atoms with E-state index in [4.69, 9.17) is 4.74 Å². The molecule has 2 heterocycles. The van der Waals surface area contributed by atoms with Crippen LogP contribution in [0.25, 0.3) is 0 Å². The first-order valence-electron chi connectivity index (χ1n) is 5.71. The van der Waals surface area contributed by atoms with Crippen molar-refractivity contribution in [1.29, 1.82) is 0 Å². The molecule has 2 saturated heterocycles. The minimum absolute atomic E-state index is 0.0254.